The van der Waals surface area contributed by atoms with Crippen molar-refractivity contribution in [2.75, 3.05) is 12.3 Å². The maximum absolute atomic E-state index is 13.2. The molecule has 134 valence electrons. The van der Waals surface area contributed by atoms with Gasteiger partial charge < -0.3 is 11.1 Å². The van der Waals surface area contributed by atoms with E-state index < -0.39 is 0 Å². The summed E-state index contributed by atoms with van der Waals surface area (Å²) in [5, 5.41) is 3.07. The Balaban J connectivity index is 0.00000225. The number of amides is 1. The molecule has 0 radical (unpaired) electrons. The standard InChI is InChI=1S/C20H23FN2O.ClH/c1-14-4-9-17(22)12-18(14)19(24)23-13-20(10-2-3-11-20)15-5-7-16(21)8-6-15;/h4-9,12H,2-3,10-11,13,22H2,1H3,(H,23,24);1H. The van der Waals surface area contributed by atoms with Crippen LogP contribution in [-0.4, -0.2) is 12.5 Å². The van der Waals surface area contributed by atoms with E-state index in [1.165, 1.54) is 12.1 Å². The molecule has 3 rings (SSSR count). The van der Waals surface area contributed by atoms with Gasteiger partial charge in [0, 0.05) is 23.2 Å². The molecule has 0 heterocycles. The molecule has 0 spiro atoms. The summed E-state index contributed by atoms with van der Waals surface area (Å²) < 4.78 is 13.2. The van der Waals surface area contributed by atoms with Crippen molar-refractivity contribution in [3.63, 3.8) is 0 Å². The molecule has 1 aliphatic rings. The molecule has 0 saturated heterocycles. The van der Waals surface area contributed by atoms with Crippen LogP contribution in [0.25, 0.3) is 0 Å². The molecule has 0 aliphatic heterocycles. The highest BCUT2D eigenvalue weighted by molar-refractivity contribution is 5.96. The zero-order chi connectivity index (χ0) is 17.2. The van der Waals surface area contributed by atoms with Crippen molar-refractivity contribution in [1.82, 2.24) is 5.32 Å². The first-order valence-corrected chi connectivity index (χ1v) is 8.41. The first-order chi connectivity index (χ1) is 11.5. The zero-order valence-electron chi connectivity index (χ0n) is 14.3. The molecule has 0 aromatic heterocycles. The predicted molar refractivity (Wildman–Crippen MR) is 102 cm³/mol. The Morgan fingerprint density at radius 1 is 1.16 bits per heavy atom. The van der Waals surface area contributed by atoms with Crippen molar-refractivity contribution in [3.8, 4) is 0 Å². The molecule has 3 N–H and O–H groups in total. The molecule has 1 saturated carbocycles. The number of rotatable bonds is 4. The van der Waals surface area contributed by atoms with Crippen LogP contribution in [0.4, 0.5) is 10.1 Å². The van der Waals surface area contributed by atoms with Crippen LogP contribution < -0.4 is 11.1 Å². The average molecular weight is 363 g/mol. The van der Waals surface area contributed by atoms with Crippen LogP contribution in [-0.2, 0) is 5.41 Å². The number of nitrogens with two attached hydrogens (primary N) is 1. The lowest BCUT2D eigenvalue weighted by Crippen LogP contribution is -2.39. The van der Waals surface area contributed by atoms with E-state index in [0.29, 0.717) is 17.8 Å². The summed E-state index contributed by atoms with van der Waals surface area (Å²) >= 11 is 0. The Kier molecular flexibility index (Phi) is 6.07. The van der Waals surface area contributed by atoms with E-state index in [4.69, 9.17) is 5.73 Å². The number of anilines is 1. The van der Waals surface area contributed by atoms with Gasteiger partial charge in [0.2, 0.25) is 0 Å². The fourth-order valence-corrected chi connectivity index (χ4v) is 3.65. The van der Waals surface area contributed by atoms with Crippen molar-refractivity contribution in [1.29, 1.82) is 0 Å². The van der Waals surface area contributed by atoms with Crippen molar-refractivity contribution in [3.05, 3.63) is 65.0 Å². The van der Waals surface area contributed by atoms with E-state index in [9.17, 15) is 9.18 Å². The molecule has 1 fully saturated rings. The van der Waals surface area contributed by atoms with Crippen LogP contribution in [0.5, 0.6) is 0 Å². The third-order valence-electron chi connectivity index (χ3n) is 5.11. The van der Waals surface area contributed by atoms with Gasteiger partial charge in [-0.1, -0.05) is 31.0 Å². The molecule has 1 amide bonds. The number of halogens is 2. The van der Waals surface area contributed by atoms with Gasteiger partial charge in [-0.05, 0) is 55.2 Å². The fraction of sp³-hybridized carbons (Fsp3) is 0.350. The van der Waals surface area contributed by atoms with Crippen LogP contribution in [0.15, 0.2) is 42.5 Å². The zero-order valence-corrected chi connectivity index (χ0v) is 15.2. The predicted octanol–water partition coefficient (Wildman–Crippen LogP) is 4.38. The molecule has 0 bridgehead atoms. The van der Waals surface area contributed by atoms with Gasteiger partial charge in [-0.2, -0.15) is 0 Å². The van der Waals surface area contributed by atoms with Gasteiger partial charge in [0.15, 0.2) is 0 Å². The van der Waals surface area contributed by atoms with E-state index in [0.717, 1.165) is 36.8 Å². The van der Waals surface area contributed by atoms with Gasteiger partial charge in [0.25, 0.3) is 5.91 Å². The number of benzene rings is 2. The quantitative estimate of drug-likeness (QED) is 0.793. The highest BCUT2D eigenvalue weighted by Crippen LogP contribution is 2.40. The Morgan fingerprint density at radius 3 is 2.44 bits per heavy atom. The largest absolute Gasteiger partial charge is 0.399 e. The number of carbonyl (C=O) groups excluding carboxylic acids is 1. The minimum absolute atomic E-state index is 0. The number of nitrogen functional groups attached to an aromatic ring is 1. The third kappa shape index (κ3) is 4.13. The number of hydrogen-bond donors (Lipinski definition) is 2. The minimum Gasteiger partial charge on any atom is -0.399 e. The molecule has 2 aromatic carbocycles. The van der Waals surface area contributed by atoms with Gasteiger partial charge in [-0.25, -0.2) is 4.39 Å². The Bertz CT molecular complexity index is 740. The van der Waals surface area contributed by atoms with Crippen molar-refractivity contribution in [2.45, 2.75) is 38.0 Å². The Hall–Kier alpha value is -2.07. The Labute approximate surface area is 154 Å². The number of aryl methyl sites for hydroxylation is 1. The molecule has 1 aliphatic carbocycles. The topological polar surface area (TPSA) is 55.1 Å². The monoisotopic (exact) mass is 362 g/mol. The number of nitrogens with one attached hydrogen (secondary N) is 1. The van der Waals surface area contributed by atoms with E-state index in [1.807, 2.05) is 25.1 Å². The van der Waals surface area contributed by atoms with Gasteiger partial charge in [0.05, 0.1) is 0 Å². The molecule has 25 heavy (non-hydrogen) atoms. The van der Waals surface area contributed by atoms with Gasteiger partial charge in [0.1, 0.15) is 5.82 Å². The smallest absolute Gasteiger partial charge is 0.251 e. The van der Waals surface area contributed by atoms with E-state index in [1.54, 1.807) is 12.1 Å². The van der Waals surface area contributed by atoms with Crippen LogP contribution in [0.3, 0.4) is 0 Å². The lowest BCUT2D eigenvalue weighted by molar-refractivity contribution is 0.0942. The van der Waals surface area contributed by atoms with Crippen LogP contribution in [0, 0.1) is 12.7 Å². The molecule has 5 heteroatoms. The number of hydrogen-bond acceptors (Lipinski definition) is 2. The van der Waals surface area contributed by atoms with E-state index in [2.05, 4.69) is 5.32 Å². The molecular weight excluding hydrogens is 339 g/mol. The summed E-state index contributed by atoms with van der Waals surface area (Å²) in [7, 11) is 0. The second-order valence-electron chi connectivity index (χ2n) is 6.75. The summed E-state index contributed by atoms with van der Waals surface area (Å²) in [5.74, 6) is -0.334. The van der Waals surface area contributed by atoms with Gasteiger partial charge in [-0.15, -0.1) is 12.4 Å². The van der Waals surface area contributed by atoms with Crippen molar-refractivity contribution < 1.29 is 9.18 Å². The van der Waals surface area contributed by atoms with Crippen LogP contribution in [0.1, 0.15) is 47.2 Å². The van der Waals surface area contributed by atoms with E-state index >= 15 is 0 Å². The lowest BCUT2D eigenvalue weighted by atomic mass is 9.78. The molecule has 2 aromatic rings. The normalized spacial score (nSPS) is 15.4. The van der Waals surface area contributed by atoms with Gasteiger partial charge in [-0.3, -0.25) is 4.79 Å². The highest BCUT2D eigenvalue weighted by atomic mass is 35.5. The van der Waals surface area contributed by atoms with Crippen molar-refractivity contribution >= 4 is 24.0 Å². The third-order valence-corrected chi connectivity index (χ3v) is 5.11. The van der Waals surface area contributed by atoms with Crippen LogP contribution >= 0.6 is 12.4 Å². The van der Waals surface area contributed by atoms with Crippen LogP contribution in [0.2, 0.25) is 0 Å². The summed E-state index contributed by atoms with van der Waals surface area (Å²) in [4.78, 5) is 12.6. The van der Waals surface area contributed by atoms with Crippen molar-refractivity contribution in [2.24, 2.45) is 0 Å². The molecule has 0 atom stereocenters. The maximum atomic E-state index is 13.2. The minimum atomic E-state index is -0.230. The first-order valence-electron chi connectivity index (χ1n) is 8.41. The van der Waals surface area contributed by atoms with Gasteiger partial charge >= 0.3 is 0 Å². The summed E-state index contributed by atoms with van der Waals surface area (Å²) in [5.41, 5.74) is 8.91. The molecule has 0 unspecified atom stereocenters. The second-order valence-corrected chi connectivity index (χ2v) is 6.75. The molecular formula is C20H24ClFN2O. The van der Waals surface area contributed by atoms with E-state index in [-0.39, 0.29) is 29.5 Å². The summed E-state index contributed by atoms with van der Waals surface area (Å²) in [6.45, 7) is 2.46. The summed E-state index contributed by atoms with van der Waals surface area (Å²) in [6, 6.07) is 12.1. The number of carbonyl (C=O) groups is 1. The second kappa shape index (κ2) is 7.87. The average Bonchev–Trinajstić information content (AvgIpc) is 3.05. The first kappa shape index (κ1) is 19.3. The highest BCUT2D eigenvalue weighted by Gasteiger charge is 2.36. The Morgan fingerprint density at radius 2 is 1.80 bits per heavy atom. The lowest BCUT2D eigenvalue weighted by Gasteiger charge is -2.30. The maximum Gasteiger partial charge on any atom is 0.251 e. The SMILES string of the molecule is Cc1ccc(N)cc1C(=O)NCC1(c2ccc(F)cc2)CCCC1.Cl. The molecule has 3 nitrogen and oxygen atoms in total. The summed E-state index contributed by atoms with van der Waals surface area (Å²) in [6.07, 6.45) is 4.28. The fourth-order valence-electron chi connectivity index (χ4n) is 3.65.